The van der Waals surface area contributed by atoms with Crippen LogP contribution in [-0.2, 0) is 23.9 Å². The highest BCUT2D eigenvalue weighted by atomic mass is 16.5. The van der Waals surface area contributed by atoms with Crippen molar-refractivity contribution in [1.29, 1.82) is 0 Å². The molecule has 0 atom stereocenters. The Kier molecular flexibility index (Phi) is 4.87. The highest BCUT2D eigenvalue weighted by molar-refractivity contribution is 6.38. The molecule has 0 spiro atoms. The van der Waals surface area contributed by atoms with Gasteiger partial charge in [-0.3, -0.25) is 19.3 Å². The number of carbonyl (C=O) groups is 4. The average molecular weight is 343 g/mol. The molecule has 2 heterocycles. The molecule has 0 aromatic heterocycles. The molecular formula is C17H17N3O5. The van der Waals surface area contributed by atoms with E-state index in [1.54, 1.807) is 24.3 Å². The van der Waals surface area contributed by atoms with E-state index in [1.165, 1.54) is 0 Å². The van der Waals surface area contributed by atoms with Crippen molar-refractivity contribution in [1.82, 2.24) is 4.90 Å². The van der Waals surface area contributed by atoms with Crippen LogP contribution in [0.5, 0.6) is 0 Å². The van der Waals surface area contributed by atoms with Gasteiger partial charge in [-0.05, 0) is 18.6 Å². The van der Waals surface area contributed by atoms with Crippen LogP contribution >= 0.6 is 0 Å². The van der Waals surface area contributed by atoms with E-state index in [1.807, 2.05) is 6.07 Å². The van der Waals surface area contributed by atoms with E-state index in [-0.39, 0.29) is 30.4 Å². The molecule has 1 saturated heterocycles. The van der Waals surface area contributed by atoms with Crippen molar-refractivity contribution in [2.75, 3.05) is 18.2 Å². The lowest BCUT2D eigenvalue weighted by Crippen LogP contribution is -2.38. The minimum absolute atomic E-state index is 0.0731. The summed E-state index contributed by atoms with van der Waals surface area (Å²) < 4.78 is 4.97. The fourth-order valence-corrected chi connectivity index (χ4v) is 2.67. The van der Waals surface area contributed by atoms with Gasteiger partial charge < -0.3 is 4.74 Å². The van der Waals surface area contributed by atoms with E-state index in [0.29, 0.717) is 25.1 Å². The number of para-hydroxylation sites is 1. The zero-order valence-corrected chi connectivity index (χ0v) is 13.5. The number of rotatable bonds is 4. The summed E-state index contributed by atoms with van der Waals surface area (Å²) in [5.41, 5.74) is 0.625. The lowest BCUT2D eigenvalue weighted by atomic mass is 10.1. The molecule has 0 aliphatic carbocycles. The first kappa shape index (κ1) is 16.8. The number of hydrogen-bond donors (Lipinski definition) is 0. The summed E-state index contributed by atoms with van der Waals surface area (Å²) in [4.78, 5) is 48.6. The summed E-state index contributed by atoms with van der Waals surface area (Å²) in [5, 5.41) is 5.22. The van der Waals surface area contributed by atoms with Gasteiger partial charge in [0.2, 0.25) is 11.8 Å². The maximum atomic E-state index is 12.1. The Morgan fingerprint density at radius 1 is 1.04 bits per heavy atom. The predicted molar refractivity (Wildman–Crippen MR) is 87.5 cm³/mol. The third kappa shape index (κ3) is 3.73. The van der Waals surface area contributed by atoms with Crippen molar-refractivity contribution in [3.8, 4) is 0 Å². The normalized spacial score (nSPS) is 17.5. The summed E-state index contributed by atoms with van der Waals surface area (Å²) in [6.07, 6.45) is 1.24. The van der Waals surface area contributed by atoms with Gasteiger partial charge in [-0.15, -0.1) is 0 Å². The number of anilines is 1. The molecule has 1 aromatic rings. The number of benzene rings is 1. The molecule has 25 heavy (non-hydrogen) atoms. The molecule has 2 aliphatic heterocycles. The third-order valence-corrected chi connectivity index (χ3v) is 3.97. The molecule has 8 heteroatoms. The SMILES string of the molecule is O=C(OCC(=O)N1CCCC1=O)C1=NN(c2ccccc2)C(=O)CC1. The van der Waals surface area contributed by atoms with Crippen LogP contribution < -0.4 is 5.01 Å². The van der Waals surface area contributed by atoms with Crippen molar-refractivity contribution >= 4 is 35.1 Å². The molecule has 0 bridgehead atoms. The van der Waals surface area contributed by atoms with Gasteiger partial charge in [0, 0.05) is 25.8 Å². The number of imide groups is 1. The third-order valence-electron chi connectivity index (χ3n) is 3.97. The van der Waals surface area contributed by atoms with Gasteiger partial charge in [0.25, 0.3) is 5.91 Å². The molecule has 8 nitrogen and oxygen atoms in total. The van der Waals surface area contributed by atoms with Crippen LogP contribution in [0.2, 0.25) is 0 Å². The highest BCUT2D eigenvalue weighted by Crippen LogP contribution is 2.20. The fourth-order valence-electron chi connectivity index (χ4n) is 2.67. The minimum Gasteiger partial charge on any atom is -0.451 e. The highest BCUT2D eigenvalue weighted by Gasteiger charge is 2.29. The first-order valence-corrected chi connectivity index (χ1v) is 8.02. The zero-order chi connectivity index (χ0) is 17.8. The average Bonchev–Trinajstić information content (AvgIpc) is 3.06. The van der Waals surface area contributed by atoms with Crippen LogP contribution in [-0.4, -0.2) is 47.5 Å². The van der Waals surface area contributed by atoms with Gasteiger partial charge >= 0.3 is 5.97 Å². The number of ether oxygens (including phenoxy) is 1. The molecule has 0 saturated carbocycles. The van der Waals surface area contributed by atoms with Crippen LogP contribution in [0.15, 0.2) is 35.4 Å². The van der Waals surface area contributed by atoms with E-state index in [4.69, 9.17) is 4.74 Å². The molecule has 3 amide bonds. The topological polar surface area (TPSA) is 96.3 Å². The number of nitrogens with zero attached hydrogens (tertiary/aromatic N) is 3. The second kappa shape index (κ2) is 7.25. The van der Waals surface area contributed by atoms with E-state index in [2.05, 4.69) is 5.10 Å². The maximum absolute atomic E-state index is 12.1. The lowest BCUT2D eigenvalue weighted by Gasteiger charge is -2.22. The molecule has 3 rings (SSSR count). The number of hydrazone groups is 1. The molecular weight excluding hydrogens is 326 g/mol. The first-order chi connectivity index (χ1) is 12.1. The number of esters is 1. The van der Waals surface area contributed by atoms with Crippen LogP contribution in [0, 0.1) is 0 Å². The van der Waals surface area contributed by atoms with Gasteiger partial charge in [0.1, 0.15) is 5.71 Å². The summed E-state index contributed by atoms with van der Waals surface area (Å²) in [6, 6.07) is 8.74. The minimum atomic E-state index is -0.756. The van der Waals surface area contributed by atoms with Crippen LogP contribution in [0.25, 0.3) is 0 Å². The van der Waals surface area contributed by atoms with E-state index in [9.17, 15) is 19.2 Å². The Morgan fingerprint density at radius 3 is 2.48 bits per heavy atom. The molecule has 0 radical (unpaired) electrons. The standard InChI is InChI=1S/C17H17N3O5/c21-14-7-4-10-19(14)16(23)11-25-17(24)13-8-9-15(22)20(18-13)12-5-2-1-3-6-12/h1-3,5-6H,4,7-11H2. The first-order valence-electron chi connectivity index (χ1n) is 8.02. The van der Waals surface area contributed by atoms with Crippen LogP contribution in [0.1, 0.15) is 25.7 Å². The van der Waals surface area contributed by atoms with Gasteiger partial charge in [-0.1, -0.05) is 18.2 Å². The number of hydrogen-bond acceptors (Lipinski definition) is 6. The van der Waals surface area contributed by atoms with Crippen LogP contribution in [0.3, 0.4) is 0 Å². The van der Waals surface area contributed by atoms with E-state index < -0.39 is 18.5 Å². The van der Waals surface area contributed by atoms with Crippen molar-refractivity contribution in [2.45, 2.75) is 25.7 Å². The van der Waals surface area contributed by atoms with Crippen LogP contribution in [0.4, 0.5) is 5.69 Å². The fraction of sp³-hybridized carbons (Fsp3) is 0.353. The Hall–Kier alpha value is -3.03. The molecule has 1 aromatic carbocycles. The Bertz CT molecular complexity index is 744. The molecule has 2 aliphatic rings. The number of carbonyl (C=O) groups excluding carboxylic acids is 4. The number of likely N-dealkylation sites (tertiary alicyclic amines) is 1. The summed E-state index contributed by atoms with van der Waals surface area (Å²) in [7, 11) is 0. The van der Waals surface area contributed by atoms with Crippen molar-refractivity contribution in [2.24, 2.45) is 5.10 Å². The van der Waals surface area contributed by atoms with Gasteiger partial charge in [-0.2, -0.15) is 5.10 Å². The van der Waals surface area contributed by atoms with Gasteiger partial charge in [0.05, 0.1) is 5.69 Å². The molecule has 130 valence electrons. The smallest absolute Gasteiger partial charge is 0.355 e. The molecule has 0 unspecified atom stereocenters. The monoisotopic (exact) mass is 343 g/mol. The van der Waals surface area contributed by atoms with Crippen molar-refractivity contribution in [3.63, 3.8) is 0 Å². The van der Waals surface area contributed by atoms with E-state index >= 15 is 0 Å². The quantitative estimate of drug-likeness (QED) is 0.756. The van der Waals surface area contributed by atoms with Crippen molar-refractivity contribution < 1.29 is 23.9 Å². The van der Waals surface area contributed by atoms with E-state index in [0.717, 1.165) is 9.91 Å². The molecule has 0 N–H and O–H groups in total. The Labute approximate surface area is 144 Å². The largest absolute Gasteiger partial charge is 0.451 e. The Balaban J connectivity index is 1.64. The number of amides is 3. The maximum Gasteiger partial charge on any atom is 0.355 e. The predicted octanol–water partition coefficient (Wildman–Crippen LogP) is 0.862. The second-order valence-corrected chi connectivity index (χ2v) is 5.71. The lowest BCUT2D eigenvalue weighted by molar-refractivity contribution is -0.151. The summed E-state index contributed by atoms with van der Waals surface area (Å²) in [5.74, 6) is -1.77. The molecule has 1 fully saturated rings. The summed E-state index contributed by atoms with van der Waals surface area (Å²) >= 11 is 0. The Morgan fingerprint density at radius 2 is 1.80 bits per heavy atom. The van der Waals surface area contributed by atoms with Gasteiger partial charge in [-0.25, -0.2) is 9.80 Å². The summed E-state index contributed by atoms with van der Waals surface area (Å²) in [6.45, 7) is -0.157. The second-order valence-electron chi connectivity index (χ2n) is 5.71. The van der Waals surface area contributed by atoms with Crippen molar-refractivity contribution in [3.05, 3.63) is 30.3 Å². The zero-order valence-electron chi connectivity index (χ0n) is 13.5. The van der Waals surface area contributed by atoms with Gasteiger partial charge in [0.15, 0.2) is 6.61 Å².